The van der Waals surface area contributed by atoms with Crippen molar-refractivity contribution in [1.29, 1.82) is 0 Å². The molecule has 10 N–H and O–H groups in total. The standard InChI is InChI=1S/C26H35FN2O2.C13H19FN2.C12H15NO2.C11H15NO2.2C11H17NO.C11H14O2.C7H8FN.C7H6O2.C6H11NO.C2H4O2.C2H6.CH4.CH3.Pd/c1-20(2)19-31-25-11-6-21(7-12-25)8-13-26(30)29(24-14-16-28(3)17-15-24)18-22-4-9-23(27)10-5-22;1-16-8-6-13(7-9-16)15-10-11-2-4-12(14)5-3-11;1-10(2)8-15-12-5-3-11(4-6-12)7-13-9-14;1-9(2)8-14-11-5-3-10(4-6-11)7-12-13;3*1-9(2)8-13-11-5-3-10(7-12)4-6-11;8-7-3-1-6(5-9)2-4-7;8-5-6-1-3-7(9)4-2-6;1-7-4-2-6(8)3-5-7;1-2(3)4;1-2;;;/h4-7,9-12,20,24H,8,13-19H2,1-3H3;2-5,13,15H,6-10H2,1H3;3-6,10H,7-8H2,1-2H3;3-7,9,13H,8H2,1-2H3;2*3-6,9H,7-8,12H2,1-2H3;3-7,9H,8H2,1-2H3;1-4H,5,9H2;1-5,9H;2-5H2,1H3;1H3,(H,3,4);1-2H3;1H4;1H3;/q;;;;;;;;;;;;;-1;/b;;;12-7-;;;;;;;;;;;. The zero-order valence-corrected chi connectivity index (χ0v) is 93.0. The molecule has 0 radical (unpaired) electrons. The van der Waals surface area contributed by atoms with Crippen LogP contribution < -0.4 is 50.9 Å². The summed E-state index contributed by atoms with van der Waals surface area (Å²) in [5.74, 6) is 7.70. The Balaban J connectivity index is 0. The number of piperidine rings is 3. The fourth-order valence-electron chi connectivity index (χ4n) is 13.0. The molecule has 3 fully saturated rings. The van der Waals surface area contributed by atoms with Crippen LogP contribution >= 0.6 is 0 Å². The number of aromatic hydroxyl groups is 1. The summed E-state index contributed by atoms with van der Waals surface area (Å²) in [6.45, 7) is 44.5. The minimum Gasteiger partial charge on any atom is -0.508 e. The normalized spacial score (nSPS) is 12.5. The minimum atomic E-state index is -0.833. The maximum absolute atomic E-state index is 13.3. The average molecular weight is 2170 g/mol. The number of nitrogens with zero attached hydrogens (tertiary/aromatic N) is 6. The first kappa shape index (κ1) is 140. The number of hydrogen-bond donors (Lipinski definition) is 7. The van der Waals surface area contributed by atoms with E-state index in [1.165, 1.54) is 86.8 Å². The van der Waals surface area contributed by atoms with Crippen molar-refractivity contribution in [2.75, 3.05) is 100 Å². The molecule has 150 heavy (non-hydrogen) atoms. The molecule has 1 amide bonds. The number of benzene rings is 10. The third-order valence-corrected chi connectivity index (χ3v) is 21.4. The third-order valence-electron chi connectivity index (χ3n) is 21.4. The smallest absolute Gasteiger partial charge is 0.300 e. The van der Waals surface area contributed by atoms with Crippen LogP contribution in [0.5, 0.6) is 40.2 Å². The van der Waals surface area contributed by atoms with Crippen LogP contribution in [0.2, 0.25) is 0 Å². The van der Waals surface area contributed by atoms with Crippen LogP contribution in [0.1, 0.15) is 221 Å². The zero-order valence-electron chi connectivity index (χ0n) is 91.4. The molecule has 3 aliphatic rings. The van der Waals surface area contributed by atoms with Crippen molar-refractivity contribution in [2.45, 2.75) is 214 Å². The number of nitrogens with one attached hydrogen (secondary N) is 1. The second-order valence-corrected chi connectivity index (χ2v) is 37.8. The van der Waals surface area contributed by atoms with Crippen molar-refractivity contribution >= 4 is 42.5 Å². The number of isocyanates is 1. The number of halogens is 3. The van der Waals surface area contributed by atoms with Gasteiger partial charge in [-0.3, -0.25) is 24.0 Å². The van der Waals surface area contributed by atoms with E-state index in [4.69, 9.17) is 65.8 Å². The SMILES string of the molecule is C.CC.CC(=O)O.CC(C)COc1ccc(/C=N\O)cc1.CC(C)COc1ccc(C=O)cc1.CC(C)COc1ccc(CCC(=O)N(Cc2ccc(F)cc2)C2CCN(C)CC2)cc1.CC(C)COc1ccc(CN)cc1.CC(C)COc1ccc(CN)cc1.CC(C)COc1ccc(CN=C=O)cc1.CN1CCC(=O)CC1.CN1CCC(NCc2ccc(F)cc2)CC1.NCc1ccc(F)cc1.O=Cc1ccc(O)cc1.[CH3-].[Pd]. The number of hydrogen-bond acceptors (Lipinski definition) is 23. The number of ether oxygens (including phenoxy) is 6. The number of Topliss-reactive ketones (excluding diaryl/α,β-unsaturated/α-hetero) is 1. The molecule has 10 aromatic rings. The van der Waals surface area contributed by atoms with Crippen molar-refractivity contribution in [3.05, 3.63) is 323 Å². The molecular weight excluding hydrogens is 2000 g/mol. The molecule has 830 valence electrons. The molecule has 3 aliphatic heterocycles. The van der Waals surface area contributed by atoms with Gasteiger partial charge in [0.25, 0.3) is 5.97 Å². The Morgan fingerprint density at radius 3 is 1.01 bits per heavy atom. The van der Waals surface area contributed by atoms with Gasteiger partial charge in [-0.15, -0.1) is 0 Å². The monoisotopic (exact) mass is 2170 g/mol. The minimum absolute atomic E-state index is 0. The van der Waals surface area contributed by atoms with E-state index in [1.54, 1.807) is 48.5 Å². The number of phenols is 1. The Bertz CT molecular complexity index is 5080. The van der Waals surface area contributed by atoms with Crippen LogP contribution in [0.3, 0.4) is 0 Å². The summed E-state index contributed by atoms with van der Waals surface area (Å²) in [5.41, 5.74) is 25.8. The van der Waals surface area contributed by atoms with Gasteiger partial charge in [-0.2, -0.15) is 0 Å². The van der Waals surface area contributed by atoms with Crippen molar-refractivity contribution < 1.29 is 106 Å². The van der Waals surface area contributed by atoms with Crippen molar-refractivity contribution in [2.24, 2.45) is 62.9 Å². The number of aryl methyl sites for hydroxylation is 1. The summed E-state index contributed by atoms with van der Waals surface area (Å²) in [5, 5.41) is 30.9. The molecular formula is C121H174F3N10O15Pd-. The first-order valence-corrected chi connectivity index (χ1v) is 50.8. The van der Waals surface area contributed by atoms with E-state index >= 15 is 0 Å². The first-order chi connectivity index (χ1) is 70.4. The van der Waals surface area contributed by atoms with Crippen LogP contribution in [-0.2, 0) is 85.3 Å². The van der Waals surface area contributed by atoms with E-state index in [0.717, 1.165) is 170 Å². The molecule has 0 aromatic heterocycles. The Hall–Kier alpha value is -12.2. The van der Waals surface area contributed by atoms with Crippen LogP contribution in [0.4, 0.5) is 13.2 Å². The van der Waals surface area contributed by atoms with Crippen LogP contribution in [0, 0.1) is 60.4 Å². The number of carboxylic acid groups (broad SMARTS) is 1. The summed E-state index contributed by atoms with van der Waals surface area (Å²) in [4.78, 5) is 75.5. The number of likely N-dealkylation sites (tertiary alicyclic amines) is 3. The summed E-state index contributed by atoms with van der Waals surface area (Å²) in [6.07, 6.45) is 11.5. The predicted molar refractivity (Wildman–Crippen MR) is 600 cm³/mol. The van der Waals surface area contributed by atoms with E-state index in [2.05, 4.69) is 127 Å². The summed E-state index contributed by atoms with van der Waals surface area (Å²) in [7, 11) is 6.33. The number of phenolic OH excluding ortho intramolecular Hbond substituents is 1. The van der Waals surface area contributed by atoms with Crippen LogP contribution in [-0.4, -0.2) is 190 Å². The van der Waals surface area contributed by atoms with E-state index in [0.29, 0.717) is 130 Å². The summed E-state index contributed by atoms with van der Waals surface area (Å²) >= 11 is 0. The number of nitrogens with two attached hydrogens (primary N) is 3. The number of aldehydes is 2. The Labute approximate surface area is 908 Å². The van der Waals surface area contributed by atoms with Gasteiger partial charge in [0.1, 0.15) is 76.1 Å². The number of carbonyl (C=O) groups is 5. The molecule has 0 bridgehead atoms. The second-order valence-electron chi connectivity index (χ2n) is 37.8. The number of aliphatic carboxylic acids is 1. The molecule has 3 heterocycles. The van der Waals surface area contributed by atoms with Gasteiger partial charge < -0.3 is 93.4 Å². The third kappa shape index (κ3) is 70.7. The number of rotatable bonds is 35. The fourth-order valence-corrected chi connectivity index (χ4v) is 13.0. The molecule has 10 aromatic carbocycles. The second kappa shape index (κ2) is 85.5. The Morgan fingerprint density at radius 2 is 0.713 bits per heavy atom. The maximum atomic E-state index is 13.3. The van der Waals surface area contributed by atoms with Crippen LogP contribution in [0.15, 0.2) is 253 Å². The van der Waals surface area contributed by atoms with Gasteiger partial charge in [-0.1, -0.05) is 194 Å². The molecule has 13 rings (SSSR count). The van der Waals surface area contributed by atoms with Gasteiger partial charge in [0, 0.05) is 116 Å². The first-order valence-electron chi connectivity index (χ1n) is 50.8. The van der Waals surface area contributed by atoms with Gasteiger partial charge in [-0.25, -0.2) is 23.0 Å². The van der Waals surface area contributed by atoms with Gasteiger partial charge in [0.2, 0.25) is 12.0 Å². The topological polar surface area (TPSA) is 346 Å². The summed E-state index contributed by atoms with van der Waals surface area (Å²) in [6, 6.07) is 72.3. The van der Waals surface area contributed by atoms with Crippen molar-refractivity contribution in [3.63, 3.8) is 0 Å². The van der Waals surface area contributed by atoms with E-state index in [-0.39, 0.29) is 70.4 Å². The van der Waals surface area contributed by atoms with Crippen LogP contribution in [0.25, 0.3) is 0 Å². The number of carbonyl (C=O) groups excluding carboxylic acids is 5. The summed E-state index contributed by atoms with van der Waals surface area (Å²) < 4.78 is 71.4. The van der Waals surface area contributed by atoms with Gasteiger partial charge in [0.05, 0.1) is 52.4 Å². The van der Waals surface area contributed by atoms with Crippen molar-refractivity contribution in [1.82, 2.24) is 24.9 Å². The quantitative estimate of drug-likeness (QED) is 0.00369. The fraction of sp³-hybridized carbons (Fsp3) is 0.438. The van der Waals surface area contributed by atoms with Gasteiger partial charge in [-0.05, 0) is 317 Å². The number of oxime groups is 1. The molecule has 0 atom stereocenters. The number of aliphatic imine (C=N–C) groups is 1. The molecule has 0 aliphatic carbocycles. The average Bonchev–Trinajstić information content (AvgIpc) is 0.838. The number of ketones is 1. The molecule has 0 unspecified atom stereocenters. The Morgan fingerprint density at radius 1 is 0.440 bits per heavy atom. The number of carboxylic acids is 1. The Kier molecular flexibility index (Phi) is 79.6. The largest absolute Gasteiger partial charge is 0.508 e. The van der Waals surface area contributed by atoms with Gasteiger partial charge >= 0.3 is 0 Å². The van der Waals surface area contributed by atoms with E-state index < -0.39 is 5.97 Å². The molecule has 0 saturated carbocycles. The predicted octanol–water partition coefficient (Wildman–Crippen LogP) is 23.9. The van der Waals surface area contributed by atoms with Gasteiger partial charge in [0.15, 0.2) is 0 Å². The molecule has 29 heteroatoms. The molecule has 0 spiro atoms. The zero-order chi connectivity index (χ0) is 109. The maximum Gasteiger partial charge on any atom is 0.300 e. The molecule has 3 saturated heterocycles. The van der Waals surface area contributed by atoms with Crippen molar-refractivity contribution in [3.8, 4) is 40.2 Å². The van der Waals surface area contributed by atoms with E-state index in [9.17, 15) is 37.1 Å². The van der Waals surface area contributed by atoms with E-state index in [1.807, 2.05) is 171 Å². The molecule has 25 nitrogen and oxygen atoms in total. The number of amides is 1.